The summed E-state index contributed by atoms with van der Waals surface area (Å²) in [5.74, 6) is 0.121. The lowest BCUT2D eigenvalue weighted by molar-refractivity contribution is -0.131. The fraction of sp³-hybridized carbons (Fsp3) is 0.900. The SMILES string of the molecule is CCCCC(N)C(=O)N(C)C1CC1. The van der Waals surface area contributed by atoms with Gasteiger partial charge in [-0.25, -0.2) is 0 Å². The van der Waals surface area contributed by atoms with E-state index < -0.39 is 0 Å². The van der Waals surface area contributed by atoms with E-state index in [1.807, 2.05) is 11.9 Å². The van der Waals surface area contributed by atoms with Gasteiger partial charge in [-0.3, -0.25) is 4.79 Å². The van der Waals surface area contributed by atoms with E-state index in [1.165, 1.54) is 0 Å². The Morgan fingerprint density at radius 1 is 1.62 bits per heavy atom. The Morgan fingerprint density at radius 3 is 2.69 bits per heavy atom. The van der Waals surface area contributed by atoms with Gasteiger partial charge < -0.3 is 10.6 Å². The zero-order valence-electron chi connectivity index (χ0n) is 8.62. The summed E-state index contributed by atoms with van der Waals surface area (Å²) in [6, 6.07) is 0.214. The fourth-order valence-electron chi connectivity index (χ4n) is 1.45. The quantitative estimate of drug-likeness (QED) is 0.696. The highest BCUT2D eigenvalue weighted by Crippen LogP contribution is 2.25. The first-order chi connectivity index (χ1) is 6.16. The molecule has 1 amide bonds. The molecule has 2 N–H and O–H groups in total. The largest absolute Gasteiger partial charge is 0.341 e. The third-order valence-electron chi connectivity index (χ3n) is 2.63. The third-order valence-corrected chi connectivity index (χ3v) is 2.63. The van der Waals surface area contributed by atoms with Gasteiger partial charge in [0.15, 0.2) is 0 Å². The number of rotatable bonds is 5. The molecule has 1 aliphatic carbocycles. The monoisotopic (exact) mass is 184 g/mol. The van der Waals surface area contributed by atoms with Crippen molar-refractivity contribution in [3.8, 4) is 0 Å². The van der Waals surface area contributed by atoms with Crippen molar-refractivity contribution in [1.29, 1.82) is 0 Å². The molecule has 0 radical (unpaired) electrons. The minimum absolute atomic E-state index is 0.121. The molecule has 0 aromatic rings. The summed E-state index contributed by atoms with van der Waals surface area (Å²) in [7, 11) is 1.87. The Balaban J connectivity index is 2.27. The van der Waals surface area contributed by atoms with Gasteiger partial charge in [-0.15, -0.1) is 0 Å². The van der Waals surface area contributed by atoms with Gasteiger partial charge in [0.2, 0.25) is 5.91 Å². The van der Waals surface area contributed by atoms with Crippen LogP contribution in [0.1, 0.15) is 39.0 Å². The van der Waals surface area contributed by atoms with Crippen LogP contribution in [-0.2, 0) is 4.79 Å². The highest BCUT2D eigenvalue weighted by molar-refractivity contribution is 5.81. The summed E-state index contributed by atoms with van der Waals surface area (Å²) in [4.78, 5) is 13.5. The molecule has 0 saturated heterocycles. The molecule has 1 fully saturated rings. The number of nitrogens with two attached hydrogens (primary N) is 1. The molecular formula is C10H20N2O. The third kappa shape index (κ3) is 2.99. The van der Waals surface area contributed by atoms with Crippen molar-refractivity contribution < 1.29 is 4.79 Å². The summed E-state index contributed by atoms with van der Waals surface area (Å²) in [6.45, 7) is 2.11. The highest BCUT2D eigenvalue weighted by Gasteiger charge is 2.31. The molecule has 3 nitrogen and oxygen atoms in total. The molecule has 1 rings (SSSR count). The number of carbonyl (C=O) groups is 1. The first-order valence-electron chi connectivity index (χ1n) is 5.19. The average molecular weight is 184 g/mol. The maximum Gasteiger partial charge on any atom is 0.239 e. The van der Waals surface area contributed by atoms with Crippen LogP contribution in [0.3, 0.4) is 0 Å². The molecule has 13 heavy (non-hydrogen) atoms. The van der Waals surface area contributed by atoms with Crippen LogP contribution in [0.25, 0.3) is 0 Å². The molecule has 1 unspecified atom stereocenters. The maximum absolute atomic E-state index is 11.6. The maximum atomic E-state index is 11.6. The van der Waals surface area contributed by atoms with E-state index in [9.17, 15) is 4.79 Å². The van der Waals surface area contributed by atoms with Gasteiger partial charge in [0, 0.05) is 13.1 Å². The van der Waals surface area contributed by atoms with E-state index in [1.54, 1.807) is 0 Å². The number of unbranched alkanes of at least 4 members (excludes halogenated alkanes) is 1. The Labute approximate surface area is 80.3 Å². The standard InChI is InChI=1S/C10H20N2O/c1-3-4-5-9(11)10(13)12(2)8-6-7-8/h8-9H,3-7,11H2,1-2H3. The smallest absolute Gasteiger partial charge is 0.239 e. The Morgan fingerprint density at radius 2 is 2.23 bits per heavy atom. The van der Waals surface area contributed by atoms with Crippen LogP contribution < -0.4 is 5.73 Å². The molecule has 3 heteroatoms. The predicted molar refractivity (Wildman–Crippen MR) is 53.3 cm³/mol. The van der Waals surface area contributed by atoms with Gasteiger partial charge in [-0.2, -0.15) is 0 Å². The Kier molecular flexibility index (Phi) is 3.72. The summed E-state index contributed by atoms with van der Waals surface area (Å²) in [5, 5.41) is 0. The number of hydrogen-bond acceptors (Lipinski definition) is 2. The molecule has 0 aromatic heterocycles. The molecule has 1 saturated carbocycles. The van der Waals surface area contributed by atoms with Gasteiger partial charge in [-0.05, 0) is 19.3 Å². The number of carbonyl (C=O) groups excluding carboxylic acids is 1. The van der Waals surface area contributed by atoms with Crippen molar-refractivity contribution in [2.24, 2.45) is 5.73 Å². The molecular weight excluding hydrogens is 164 g/mol. The molecule has 0 aliphatic heterocycles. The summed E-state index contributed by atoms with van der Waals surface area (Å²) in [5.41, 5.74) is 5.78. The van der Waals surface area contributed by atoms with Crippen LogP contribution in [0, 0.1) is 0 Å². The highest BCUT2D eigenvalue weighted by atomic mass is 16.2. The van der Waals surface area contributed by atoms with E-state index in [4.69, 9.17) is 5.73 Å². The van der Waals surface area contributed by atoms with Crippen LogP contribution >= 0.6 is 0 Å². The topological polar surface area (TPSA) is 46.3 Å². The zero-order valence-corrected chi connectivity index (χ0v) is 8.62. The number of nitrogens with zero attached hydrogens (tertiary/aromatic N) is 1. The van der Waals surface area contributed by atoms with E-state index in [-0.39, 0.29) is 11.9 Å². The molecule has 0 bridgehead atoms. The lowest BCUT2D eigenvalue weighted by atomic mass is 10.1. The molecule has 1 atom stereocenters. The molecule has 1 aliphatic rings. The zero-order chi connectivity index (χ0) is 9.84. The van der Waals surface area contributed by atoms with Crippen LogP contribution in [0.15, 0.2) is 0 Å². The summed E-state index contributed by atoms with van der Waals surface area (Å²) >= 11 is 0. The summed E-state index contributed by atoms with van der Waals surface area (Å²) in [6.07, 6.45) is 5.29. The average Bonchev–Trinajstić information content (AvgIpc) is 2.94. The van der Waals surface area contributed by atoms with Crippen LogP contribution in [0.2, 0.25) is 0 Å². The van der Waals surface area contributed by atoms with Crippen molar-refractivity contribution >= 4 is 5.91 Å². The number of hydrogen-bond donors (Lipinski definition) is 1. The first-order valence-corrected chi connectivity index (χ1v) is 5.19. The summed E-state index contributed by atoms with van der Waals surface area (Å²) < 4.78 is 0. The normalized spacial score (nSPS) is 18.4. The van der Waals surface area contributed by atoms with E-state index >= 15 is 0 Å². The van der Waals surface area contributed by atoms with Gasteiger partial charge in [0.05, 0.1) is 6.04 Å². The fourth-order valence-corrected chi connectivity index (χ4v) is 1.45. The second-order valence-electron chi connectivity index (χ2n) is 3.93. The lowest BCUT2D eigenvalue weighted by Gasteiger charge is -2.20. The Hall–Kier alpha value is -0.570. The van der Waals surface area contributed by atoms with Crippen molar-refractivity contribution in [3.63, 3.8) is 0 Å². The van der Waals surface area contributed by atoms with Crippen molar-refractivity contribution in [3.05, 3.63) is 0 Å². The van der Waals surface area contributed by atoms with Gasteiger partial charge in [0.25, 0.3) is 0 Å². The minimum atomic E-state index is -0.273. The van der Waals surface area contributed by atoms with E-state index in [0.717, 1.165) is 32.1 Å². The lowest BCUT2D eigenvalue weighted by Crippen LogP contribution is -2.42. The molecule has 0 spiro atoms. The van der Waals surface area contributed by atoms with Gasteiger partial charge >= 0.3 is 0 Å². The van der Waals surface area contributed by atoms with Crippen molar-refractivity contribution in [2.75, 3.05) is 7.05 Å². The second-order valence-corrected chi connectivity index (χ2v) is 3.93. The van der Waals surface area contributed by atoms with E-state index in [2.05, 4.69) is 6.92 Å². The van der Waals surface area contributed by atoms with Gasteiger partial charge in [0.1, 0.15) is 0 Å². The first kappa shape index (κ1) is 10.5. The van der Waals surface area contributed by atoms with Crippen molar-refractivity contribution in [2.45, 2.75) is 51.1 Å². The van der Waals surface area contributed by atoms with Crippen LogP contribution in [0.5, 0.6) is 0 Å². The van der Waals surface area contributed by atoms with E-state index in [0.29, 0.717) is 6.04 Å². The minimum Gasteiger partial charge on any atom is -0.341 e. The Bertz CT molecular complexity index is 178. The van der Waals surface area contributed by atoms with Crippen molar-refractivity contribution in [1.82, 2.24) is 4.90 Å². The molecule has 0 heterocycles. The number of amides is 1. The molecule has 0 aromatic carbocycles. The van der Waals surface area contributed by atoms with Crippen LogP contribution in [-0.4, -0.2) is 29.9 Å². The molecule has 76 valence electrons. The van der Waals surface area contributed by atoms with Gasteiger partial charge in [-0.1, -0.05) is 19.8 Å². The second kappa shape index (κ2) is 4.61. The predicted octanol–water partition coefficient (Wildman–Crippen LogP) is 1.12. The van der Waals surface area contributed by atoms with Crippen LogP contribution in [0.4, 0.5) is 0 Å². The number of likely N-dealkylation sites (N-methyl/N-ethyl adjacent to an activating group) is 1.